The van der Waals surface area contributed by atoms with Crippen molar-refractivity contribution in [3.8, 4) is 5.75 Å². The van der Waals surface area contributed by atoms with Crippen LogP contribution in [0.4, 0.5) is 5.69 Å². The van der Waals surface area contributed by atoms with Gasteiger partial charge in [0.2, 0.25) is 0 Å². The van der Waals surface area contributed by atoms with Gasteiger partial charge in [-0.3, -0.25) is 9.59 Å². The maximum absolute atomic E-state index is 12.5. The minimum Gasteiger partial charge on any atom is -0.422 e. The summed E-state index contributed by atoms with van der Waals surface area (Å²) in [5.41, 5.74) is 3.26. The number of hydrazone groups is 1. The van der Waals surface area contributed by atoms with Crippen LogP contribution < -0.4 is 15.5 Å². The first-order chi connectivity index (χ1) is 15.8. The lowest BCUT2D eigenvalue weighted by molar-refractivity contribution is -0.136. The van der Waals surface area contributed by atoms with Crippen molar-refractivity contribution >= 4 is 64.0 Å². The molecule has 10 heteroatoms. The SMILES string of the molecule is C/C(=N\NC(=O)C(=O)Nc1cccc(Cl)c1Cl)c1ccccc1OC(=O)c1ccccc1Cl. The Morgan fingerprint density at radius 1 is 0.788 bits per heavy atom. The fourth-order valence-corrected chi connectivity index (χ4v) is 3.22. The summed E-state index contributed by atoms with van der Waals surface area (Å²) in [5, 5.41) is 6.88. The molecule has 0 aliphatic heterocycles. The van der Waals surface area contributed by atoms with Gasteiger partial charge in [0.25, 0.3) is 0 Å². The first kappa shape index (κ1) is 24.3. The fourth-order valence-electron chi connectivity index (χ4n) is 2.66. The molecule has 0 aliphatic carbocycles. The molecule has 0 spiro atoms. The maximum atomic E-state index is 12.5. The molecule has 3 aromatic rings. The number of carbonyl (C=O) groups is 3. The van der Waals surface area contributed by atoms with E-state index >= 15 is 0 Å². The third-order valence-electron chi connectivity index (χ3n) is 4.30. The quantitative estimate of drug-likeness (QED) is 0.161. The van der Waals surface area contributed by atoms with E-state index in [0.717, 1.165) is 0 Å². The molecule has 7 nitrogen and oxygen atoms in total. The molecule has 3 rings (SSSR count). The van der Waals surface area contributed by atoms with Gasteiger partial charge in [0.15, 0.2) is 0 Å². The third kappa shape index (κ3) is 6.10. The van der Waals surface area contributed by atoms with Crippen LogP contribution in [0.5, 0.6) is 5.75 Å². The average molecular weight is 505 g/mol. The van der Waals surface area contributed by atoms with E-state index < -0.39 is 17.8 Å². The van der Waals surface area contributed by atoms with Crippen molar-refractivity contribution in [3.05, 3.63) is 92.9 Å². The van der Waals surface area contributed by atoms with E-state index in [-0.39, 0.29) is 32.1 Å². The van der Waals surface area contributed by atoms with Gasteiger partial charge in [0.05, 0.1) is 32.0 Å². The van der Waals surface area contributed by atoms with Crippen LogP contribution in [0.2, 0.25) is 15.1 Å². The summed E-state index contributed by atoms with van der Waals surface area (Å²) in [5.74, 6) is -2.47. The van der Waals surface area contributed by atoms with Crippen LogP contribution in [0, 0.1) is 0 Å². The Kier molecular flexibility index (Phi) is 8.06. The van der Waals surface area contributed by atoms with Crippen LogP contribution in [0.1, 0.15) is 22.8 Å². The number of amides is 2. The molecule has 0 radical (unpaired) electrons. The summed E-state index contributed by atoms with van der Waals surface area (Å²) < 4.78 is 5.47. The van der Waals surface area contributed by atoms with Gasteiger partial charge in [-0.15, -0.1) is 0 Å². The maximum Gasteiger partial charge on any atom is 0.345 e. The summed E-state index contributed by atoms with van der Waals surface area (Å²) in [4.78, 5) is 36.8. The first-order valence-electron chi connectivity index (χ1n) is 9.43. The molecule has 3 aromatic carbocycles. The van der Waals surface area contributed by atoms with Crippen molar-refractivity contribution in [2.24, 2.45) is 5.10 Å². The number of nitrogens with one attached hydrogen (secondary N) is 2. The monoisotopic (exact) mass is 503 g/mol. The van der Waals surface area contributed by atoms with E-state index in [4.69, 9.17) is 39.5 Å². The van der Waals surface area contributed by atoms with E-state index in [1.807, 2.05) is 0 Å². The number of esters is 1. The first-order valence-corrected chi connectivity index (χ1v) is 10.6. The lowest BCUT2D eigenvalue weighted by Gasteiger charge is -2.11. The number of ether oxygens (including phenoxy) is 1. The summed E-state index contributed by atoms with van der Waals surface area (Å²) in [7, 11) is 0. The normalized spacial score (nSPS) is 11.0. The van der Waals surface area contributed by atoms with Crippen LogP contribution in [0.25, 0.3) is 0 Å². The average Bonchev–Trinajstić information content (AvgIpc) is 2.80. The molecule has 0 saturated heterocycles. The molecular formula is C23H16Cl3N3O4. The molecule has 0 aromatic heterocycles. The number of halogens is 3. The second-order valence-electron chi connectivity index (χ2n) is 6.56. The molecular weight excluding hydrogens is 489 g/mol. The van der Waals surface area contributed by atoms with Crippen molar-refractivity contribution in [3.63, 3.8) is 0 Å². The van der Waals surface area contributed by atoms with Crippen LogP contribution in [0.3, 0.4) is 0 Å². The number of rotatable bonds is 5. The van der Waals surface area contributed by atoms with Crippen LogP contribution in [0.15, 0.2) is 71.8 Å². The smallest absolute Gasteiger partial charge is 0.345 e. The van der Waals surface area contributed by atoms with Crippen molar-refractivity contribution in [1.29, 1.82) is 0 Å². The predicted molar refractivity (Wildman–Crippen MR) is 128 cm³/mol. The zero-order chi connectivity index (χ0) is 24.0. The van der Waals surface area contributed by atoms with Gasteiger partial charge in [-0.25, -0.2) is 10.2 Å². The number of hydrogen-bond donors (Lipinski definition) is 2. The molecule has 33 heavy (non-hydrogen) atoms. The summed E-state index contributed by atoms with van der Waals surface area (Å²) in [6.45, 7) is 1.58. The van der Waals surface area contributed by atoms with Gasteiger partial charge in [-0.05, 0) is 43.3 Å². The Bertz CT molecular complexity index is 1260. The molecule has 0 atom stereocenters. The number of para-hydroxylation sites is 1. The topological polar surface area (TPSA) is 96.9 Å². The largest absolute Gasteiger partial charge is 0.422 e. The van der Waals surface area contributed by atoms with E-state index in [2.05, 4.69) is 15.8 Å². The molecule has 2 amide bonds. The molecule has 0 saturated carbocycles. The highest BCUT2D eigenvalue weighted by Gasteiger charge is 2.18. The predicted octanol–water partition coefficient (Wildman–Crippen LogP) is 5.34. The van der Waals surface area contributed by atoms with Crippen LogP contribution in [-0.2, 0) is 9.59 Å². The lowest BCUT2D eigenvalue weighted by Crippen LogP contribution is -2.33. The summed E-state index contributed by atoms with van der Waals surface area (Å²) >= 11 is 18.0. The Balaban J connectivity index is 1.71. The second-order valence-corrected chi connectivity index (χ2v) is 7.75. The molecule has 0 bridgehead atoms. The van der Waals surface area contributed by atoms with Crippen molar-refractivity contribution < 1.29 is 19.1 Å². The number of nitrogens with zero attached hydrogens (tertiary/aromatic N) is 1. The Morgan fingerprint density at radius 3 is 2.15 bits per heavy atom. The number of anilines is 1. The van der Waals surface area contributed by atoms with Gasteiger partial charge in [-0.2, -0.15) is 5.10 Å². The fraction of sp³-hybridized carbons (Fsp3) is 0.0435. The summed E-state index contributed by atoms with van der Waals surface area (Å²) in [6.07, 6.45) is 0. The van der Waals surface area contributed by atoms with Crippen molar-refractivity contribution in [1.82, 2.24) is 5.43 Å². The minimum atomic E-state index is -1.03. The molecule has 0 unspecified atom stereocenters. The highest BCUT2D eigenvalue weighted by Crippen LogP contribution is 2.29. The highest BCUT2D eigenvalue weighted by atomic mass is 35.5. The standard InChI is InChI=1S/C23H16Cl3N3O4/c1-13(28-29-22(31)21(30)27-18-11-6-10-17(25)20(18)26)14-7-3-5-12-19(14)33-23(32)15-8-2-4-9-16(15)24/h2-12H,1H3,(H,27,30)(H,29,31)/b28-13+. The molecule has 0 heterocycles. The Hall–Kier alpha value is -3.39. The van der Waals surface area contributed by atoms with Gasteiger partial charge in [-0.1, -0.05) is 65.1 Å². The zero-order valence-corrected chi connectivity index (χ0v) is 19.3. The van der Waals surface area contributed by atoms with E-state index in [1.165, 1.54) is 6.07 Å². The van der Waals surface area contributed by atoms with Crippen LogP contribution >= 0.6 is 34.8 Å². The number of carbonyl (C=O) groups excluding carboxylic acids is 3. The molecule has 168 valence electrons. The van der Waals surface area contributed by atoms with Crippen molar-refractivity contribution in [2.45, 2.75) is 6.92 Å². The molecule has 2 N–H and O–H groups in total. The van der Waals surface area contributed by atoms with Gasteiger partial charge >= 0.3 is 17.8 Å². The zero-order valence-electron chi connectivity index (χ0n) is 17.1. The summed E-state index contributed by atoms with van der Waals surface area (Å²) in [6, 6.07) is 17.7. The van der Waals surface area contributed by atoms with E-state index in [0.29, 0.717) is 11.3 Å². The Labute approximate surface area is 204 Å². The number of hydrogen-bond acceptors (Lipinski definition) is 5. The minimum absolute atomic E-state index is 0.106. The third-order valence-corrected chi connectivity index (χ3v) is 5.45. The van der Waals surface area contributed by atoms with Gasteiger partial charge in [0.1, 0.15) is 5.75 Å². The second kappa shape index (κ2) is 11.0. The van der Waals surface area contributed by atoms with E-state index in [9.17, 15) is 14.4 Å². The molecule has 0 fully saturated rings. The van der Waals surface area contributed by atoms with Gasteiger partial charge < -0.3 is 10.1 Å². The van der Waals surface area contributed by atoms with Crippen molar-refractivity contribution in [2.75, 3.05) is 5.32 Å². The number of benzene rings is 3. The van der Waals surface area contributed by atoms with Crippen LogP contribution in [-0.4, -0.2) is 23.5 Å². The lowest BCUT2D eigenvalue weighted by atomic mass is 10.1. The van der Waals surface area contributed by atoms with E-state index in [1.54, 1.807) is 67.6 Å². The Morgan fingerprint density at radius 2 is 1.42 bits per heavy atom. The van der Waals surface area contributed by atoms with Gasteiger partial charge in [0, 0.05) is 5.56 Å². The highest BCUT2D eigenvalue weighted by molar-refractivity contribution is 6.45. The molecule has 0 aliphatic rings.